The maximum absolute atomic E-state index is 13.8. The fourth-order valence-corrected chi connectivity index (χ4v) is 6.22. The lowest BCUT2D eigenvalue weighted by Gasteiger charge is -2.25. The standard InChI is InChI=1S/C36H37Cl2N3O5/c1-36(2,3)46-33(42)13-14-39-34(43)22-7-10-30(11-8-22)40-35(44)41-21-27(26-16-28(37)20-29(38)17-26)19-32(41)25-6-5-24-18-31(45-4)12-9-23(24)15-25/h5-12,15-18,20,27,32H,13-14,19,21H2,1-4H3,(H,39,43)(H,40,44)/t27-,32-/m1/s1. The topological polar surface area (TPSA) is 97.0 Å². The lowest BCUT2D eigenvalue weighted by Crippen LogP contribution is -2.35. The molecule has 1 fully saturated rings. The summed E-state index contributed by atoms with van der Waals surface area (Å²) in [5.41, 5.74) is 2.37. The van der Waals surface area contributed by atoms with Gasteiger partial charge in [-0.3, -0.25) is 9.59 Å². The number of carbonyl (C=O) groups excluding carboxylic acids is 3. The lowest BCUT2D eigenvalue weighted by atomic mass is 9.93. The molecule has 3 amide bonds. The van der Waals surface area contributed by atoms with Gasteiger partial charge in [0.25, 0.3) is 5.91 Å². The number of ether oxygens (including phenoxy) is 2. The number of likely N-dealkylation sites (tertiary alicyclic amines) is 1. The van der Waals surface area contributed by atoms with Gasteiger partial charge >= 0.3 is 12.0 Å². The van der Waals surface area contributed by atoms with Crippen LogP contribution < -0.4 is 15.4 Å². The summed E-state index contributed by atoms with van der Waals surface area (Å²) in [6.07, 6.45) is 0.760. The first-order chi connectivity index (χ1) is 21.9. The molecule has 10 heteroatoms. The molecule has 240 valence electrons. The van der Waals surface area contributed by atoms with Gasteiger partial charge in [0, 0.05) is 40.3 Å². The number of hydrogen-bond acceptors (Lipinski definition) is 5. The predicted molar refractivity (Wildman–Crippen MR) is 182 cm³/mol. The first kappa shape index (κ1) is 33.1. The van der Waals surface area contributed by atoms with Gasteiger partial charge in [0.05, 0.1) is 19.6 Å². The number of nitrogens with one attached hydrogen (secondary N) is 2. The third-order valence-corrected chi connectivity index (χ3v) is 8.24. The molecule has 1 heterocycles. The summed E-state index contributed by atoms with van der Waals surface area (Å²) < 4.78 is 10.7. The number of hydrogen-bond donors (Lipinski definition) is 2. The van der Waals surface area contributed by atoms with Gasteiger partial charge < -0.3 is 25.0 Å². The zero-order chi connectivity index (χ0) is 33.0. The van der Waals surface area contributed by atoms with E-state index < -0.39 is 5.60 Å². The zero-order valence-electron chi connectivity index (χ0n) is 26.2. The number of fused-ring (bicyclic) bond motifs is 1. The first-order valence-electron chi connectivity index (χ1n) is 15.1. The molecule has 0 unspecified atom stereocenters. The Bertz CT molecular complexity index is 1730. The Morgan fingerprint density at radius 2 is 1.54 bits per heavy atom. The molecule has 0 aliphatic carbocycles. The minimum atomic E-state index is -0.579. The van der Waals surface area contributed by atoms with Crippen molar-refractivity contribution in [1.29, 1.82) is 0 Å². The van der Waals surface area contributed by atoms with E-state index in [0.717, 1.165) is 27.6 Å². The van der Waals surface area contributed by atoms with Gasteiger partial charge in [-0.2, -0.15) is 0 Å². The fourth-order valence-electron chi connectivity index (χ4n) is 5.68. The molecule has 4 aromatic rings. The summed E-state index contributed by atoms with van der Waals surface area (Å²) in [6, 6.07) is 23.8. The number of urea groups is 1. The van der Waals surface area contributed by atoms with Crippen LogP contribution in [0.5, 0.6) is 5.75 Å². The molecular weight excluding hydrogens is 625 g/mol. The van der Waals surface area contributed by atoms with E-state index in [-0.39, 0.29) is 42.8 Å². The van der Waals surface area contributed by atoms with Crippen LogP contribution in [0.25, 0.3) is 10.8 Å². The molecule has 46 heavy (non-hydrogen) atoms. The van der Waals surface area contributed by atoms with Crippen LogP contribution in [0, 0.1) is 0 Å². The van der Waals surface area contributed by atoms with Crippen LogP contribution in [0.3, 0.4) is 0 Å². The van der Waals surface area contributed by atoms with Crippen LogP contribution >= 0.6 is 23.2 Å². The van der Waals surface area contributed by atoms with Crippen molar-refractivity contribution in [2.75, 3.05) is 25.5 Å². The predicted octanol–water partition coefficient (Wildman–Crippen LogP) is 8.38. The summed E-state index contributed by atoms with van der Waals surface area (Å²) in [5, 5.41) is 8.93. The minimum absolute atomic E-state index is 0.0188. The fraction of sp³-hybridized carbons (Fsp3) is 0.306. The summed E-state index contributed by atoms with van der Waals surface area (Å²) in [6.45, 7) is 6.00. The average Bonchev–Trinajstić information content (AvgIpc) is 3.45. The minimum Gasteiger partial charge on any atom is -0.497 e. The van der Waals surface area contributed by atoms with Crippen LogP contribution in [0.2, 0.25) is 10.0 Å². The first-order valence-corrected chi connectivity index (χ1v) is 15.9. The number of methoxy groups -OCH3 is 1. The molecule has 1 saturated heterocycles. The number of halogens is 2. The Labute approximate surface area is 279 Å². The Hall–Kier alpha value is -4.27. The van der Waals surface area contributed by atoms with E-state index in [2.05, 4.69) is 22.8 Å². The van der Waals surface area contributed by atoms with Gasteiger partial charge in [-0.15, -0.1) is 0 Å². The quantitative estimate of drug-likeness (QED) is 0.185. The largest absolute Gasteiger partial charge is 0.497 e. The van der Waals surface area contributed by atoms with Crippen molar-refractivity contribution in [1.82, 2.24) is 10.2 Å². The molecule has 2 atom stereocenters. The summed E-state index contributed by atoms with van der Waals surface area (Å²) in [5.74, 6) is 0.100. The Morgan fingerprint density at radius 1 is 0.870 bits per heavy atom. The molecule has 0 saturated carbocycles. The van der Waals surface area contributed by atoms with Gasteiger partial charge in [-0.1, -0.05) is 41.4 Å². The van der Waals surface area contributed by atoms with Crippen molar-refractivity contribution >= 4 is 57.6 Å². The molecule has 1 aliphatic rings. The van der Waals surface area contributed by atoms with Gasteiger partial charge in [0.15, 0.2) is 0 Å². The highest BCUT2D eigenvalue weighted by molar-refractivity contribution is 6.34. The van der Waals surface area contributed by atoms with Crippen LogP contribution in [0.4, 0.5) is 10.5 Å². The van der Waals surface area contributed by atoms with Crippen LogP contribution in [-0.2, 0) is 9.53 Å². The number of amides is 3. The Morgan fingerprint density at radius 3 is 2.22 bits per heavy atom. The van der Waals surface area contributed by atoms with E-state index in [1.807, 2.05) is 41.3 Å². The molecule has 0 spiro atoms. The zero-order valence-corrected chi connectivity index (χ0v) is 27.7. The average molecular weight is 663 g/mol. The Balaban J connectivity index is 1.30. The van der Waals surface area contributed by atoms with Crippen molar-refractivity contribution in [3.63, 3.8) is 0 Å². The number of benzene rings is 4. The molecule has 0 radical (unpaired) electrons. The van der Waals surface area contributed by atoms with E-state index in [9.17, 15) is 14.4 Å². The number of nitrogens with zero attached hydrogens (tertiary/aromatic N) is 1. The van der Waals surface area contributed by atoms with Crippen molar-refractivity contribution < 1.29 is 23.9 Å². The monoisotopic (exact) mass is 661 g/mol. The molecule has 0 bridgehead atoms. The molecule has 5 rings (SSSR count). The normalized spacial score (nSPS) is 16.3. The summed E-state index contributed by atoms with van der Waals surface area (Å²) >= 11 is 12.7. The van der Waals surface area contributed by atoms with E-state index in [0.29, 0.717) is 34.3 Å². The second-order valence-electron chi connectivity index (χ2n) is 12.4. The van der Waals surface area contributed by atoms with Crippen molar-refractivity contribution in [3.05, 3.63) is 106 Å². The van der Waals surface area contributed by atoms with Crippen molar-refractivity contribution in [3.8, 4) is 5.75 Å². The maximum atomic E-state index is 13.8. The van der Waals surface area contributed by atoms with Gasteiger partial charge in [-0.05, 0) is 110 Å². The second kappa shape index (κ2) is 14.0. The highest BCUT2D eigenvalue weighted by Crippen LogP contribution is 2.42. The third-order valence-electron chi connectivity index (χ3n) is 7.81. The Kier molecular flexibility index (Phi) is 10.1. The highest BCUT2D eigenvalue weighted by atomic mass is 35.5. The van der Waals surface area contributed by atoms with Gasteiger partial charge in [0.1, 0.15) is 11.4 Å². The van der Waals surface area contributed by atoms with E-state index >= 15 is 0 Å². The molecular formula is C36H37Cl2N3O5. The van der Waals surface area contributed by atoms with Crippen molar-refractivity contribution in [2.24, 2.45) is 0 Å². The summed E-state index contributed by atoms with van der Waals surface area (Å²) in [4.78, 5) is 40.2. The number of carbonyl (C=O) groups is 3. The molecule has 2 N–H and O–H groups in total. The number of rotatable bonds is 8. The maximum Gasteiger partial charge on any atom is 0.322 e. The van der Waals surface area contributed by atoms with Crippen LogP contribution in [0.15, 0.2) is 78.9 Å². The molecule has 4 aromatic carbocycles. The third kappa shape index (κ3) is 8.30. The van der Waals surface area contributed by atoms with Crippen LogP contribution in [-0.4, -0.2) is 48.6 Å². The van der Waals surface area contributed by atoms with Crippen molar-refractivity contribution in [2.45, 2.75) is 51.2 Å². The van der Waals surface area contributed by atoms with Gasteiger partial charge in [-0.25, -0.2) is 4.79 Å². The van der Waals surface area contributed by atoms with Crippen LogP contribution in [0.1, 0.15) is 67.1 Å². The highest BCUT2D eigenvalue weighted by Gasteiger charge is 2.37. The summed E-state index contributed by atoms with van der Waals surface area (Å²) in [7, 11) is 1.64. The second-order valence-corrected chi connectivity index (χ2v) is 13.2. The van der Waals surface area contributed by atoms with E-state index in [1.165, 1.54) is 0 Å². The molecule has 1 aliphatic heterocycles. The van der Waals surface area contributed by atoms with E-state index in [4.69, 9.17) is 32.7 Å². The SMILES string of the molecule is COc1ccc2cc([C@H]3C[C@@H](c4cc(Cl)cc(Cl)c4)CN3C(=O)Nc3ccc(C(=O)NCCC(=O)OC(C)(C)C)cc3)ccc2c1. The molecule has 8 nitrogen and oxygen atoms in total. The van der Waals surface area contributed by atoms with E-state index in [1.54, 1.807) is 58.2 Å². The smallest absolute Gasteiger partial charge is 0.322 e. The molecule has 0 aromatic heterocycles. The lowest BCUT2D eigenvalue weighted by molar-refractivity contribution is -0.154. The van der Waals surface area contributed by atoms with Gasteiger partial charge in [0.2, 0.25) is 0 Å². The number of anilines is 1. The number of esters is 1.